The van der Waals surface area contributed by atoms with Crippen molar-refractivity contribution in [1.82, 2.24) is 15.5 Å². The third-order valence-electron chi connectivity index (χ3n) is 4.50. The molecule has 2 N–H and O–H groups in total. The Hall–Kier alpha value is -3.22. The molecule has 1 aromatic carbocycles. The Morgan fingerprint density at radius 1 is 1.18 bits per heavy atom. The second kappa shape index (κ2) is 8.21. The van der Waals surface area contributed by atoms with Crippen molar-refractivity contribution in [3.8, 4) is 0 Å². The molecule has 3 rings (SSSR count). The Balaban J connectivity index is 1.78. The van der Waals surface area contributed by atoms with Crippen molar-refractivity contribution < 1.29 is 14.1 Å². The van der Waals surface area contributed by atoms with Crippen LogP contribution >= 0.6 is 0 Å². The molecule has 1 atom stereocenters. The Labute approximate surface area is 163 Å². The number of carbonyl (C=O) groups is 2. The number of benzene rings is 1. The van der Waals surface area contributed by atoms with Gasteiger partial charge < -0.3 is 15.2 Å². The van der Waals surface area contributed by atoms with Crippen molar-refractivity contribution in [2.75, 3.05) is 5.32 Å². The van der Waals surface area contributed by atoms with Gasteiger partial charge in [-0.3, -0.25) is 9.59 Å². The maximum Gasteiger partial charge on any atom is 0.258 e. The number of hydrogen-bond donors (Lipinski definition) is 2. The molecule has 146 valence electrons. The van der Waals surface area contributed by atoms with Crippen molar-refractivity contribution in [3.05, 3.63) is 53.3 Å². The van der Waals surface area contributed by atoms with Gasteiger partial charge in [0.05, 0.1) is 23.0 Å². The predicted molar refractivity (Wildman–Crippen MR) is 107 cm³/mol. The molecule has 7 nitrogen and oxygen atoms in total. The fourth-order valence-electron chi connectivity index (χ4n) is 3.01. The molecule has 0 saturated carbocycles. The molecule has 0 aliphatic carbocycles. The van der Waals surface area contributed by atoms with Crippen molar-refractivity contribution in [3.63, 3.8) is 0 Å². The van der Waals surface area contributed by atoms with Crippen LogP contribution in [0.4, 0.5) is 5.69 Å². The molecule has 0 fully saturated rings. The van der Waals surface area contributed by atoms with E-state index in [1.165, 1.54) is 6.20 Å². The summed E-state index contributed by atoms with van der Waals surface area (Å²) in [6, 6.07) is 8.41. The van der Waals surface area contributed by atoms with Gasteiger partial charge in [0.25, 0.3) is 11.6 Å². The molecule has 7 heteroatoms. The Morgan fingerprint density at radius 3 is 2.64 bits per heavy atom. The highest BCUT2D eigenvalue weighted by molar-refractivity contribution is 6.02. The SMILES string of the molecule is Cc1ccccc1C(=O)NC(CC(C)C)C(=O)Nc1cnc2onc(C)c2c1. The summed E-state index contributed by atoms with van der Waals surface area (Å²) in [7, 11) is 0. The quantitative estimate of drug-likeness (QED) is 0.681. The van der Waals surface area contributed by atoms with E-state index in [0.29, 0.717) is 29.1 Å². The average Bonchev–Trinajstić information content (AvgIpc) is 3.01. The standard InChI is InChI=1S/C21H24N4O3/c1-12(2)9-18(24-19(26)16-8-6-5-7-13(16)3)20(27)23-15-10-17-14(4)25-28-21(17)22-11-15/h5-8,10-12,18H,9H2,1-4H3,(H,23,27)(H,24,26). The summed E-state index contributed by atoms with van der Waals surface area (Å²) in [6.07, 6.45) is 2.03. The minimum absolute atomic E-state index is 0.230. The molecular formula is C21H24N4O3. The van der Waals surface area contributed by atoms with Gasteiger partial charge in [0.1, 0.15) is 6.04 Å². The summed E-state index contributed by atoms with van der Waals surface area (Å²) in [5.41, 5.74) is 3.07. The fourth-order valence-corrected chi connectivity index (χ4v) is 3.01. The highest BCUT2D eigenvalue weighted by atomic mass is 16.5. The van der Waals surface area contributed by atoms with E-state index in [2.05, 4.69) is 20.8 Å². The van der Waals surface area contributed by atoms with Gasteiger partial charge in [0.2, 0.25) is 5.91 Å². The third kappa shape index (κ3) is 4.36. The minimum Gasteiger partial charge on any atom is -0.340 e. The highest BCUT2D eigenvalue weighted by Crippen LogP contribution is 2.20. The van der Waals surface area contributed by atoms with Gasteiger partial charge in [-0.1, -0.05) is 37.2 Å². The van der Waals surface area contributed by atoms with Crippen LogP contribution in [-0.2, 0) is 4.79 Å². The lowest BCUT2D eigenvalue weighted by molar-refractivity contribution is -0.118. The summed E-state index contributed by atoms with van der Waals surface area (Å²) in [5, 5.41) is 10.3. The third-order valence-corrected chi connectivity index (χ3v) is 4.50. The van der Waals surface area contributed by atoms with Gasteiger partial charge in [0, 0.05) is 5.56 Å². The number of nitrogens with zero attached hydrogens (tertiary/aromatic N) is 2. The molecule has 0 aliphatic heterocycles. The molecule has 1 unspecified atom stereocenters. The molecule has 28 heavy (non-hydrogen) atoms. The smallest absolute Gasteiger partial charge is 0.258 e. The summed E-state index contributed by atoms with van der Waals surface area (Å²) in [6.45, 7) is 7.69. The molecule has 2 aromatic heterocycles. The number of fused-ring (bicyclic) bond motifs is 1. The molecule has 0 bridgehead atoms. The summed E-state index contributed by atoms with van der Waals surface area (Å²) in [5.74, 6) is -0.318. The zero-order valence-corrected chi connectivity index (χ0v) is 16.4. The van der Waals surface area contributed by atoms with Gasteiger partial charge in [0.15, 0.2) is 0 Å². The largest absolute Gasteiger partial charge is 0.340 e. The van der Waals surface area contributed by atoms with E-state index in [9.17, 15) is 9.59 Å². The van der Waals surface area contributed by atoms with Crippen LogP contribution in [0.15, 0.2) is 41.1 Å². The molecule has 0 aliphatic rings. The summed E-state index contributed by atoms with van der Waals surface area (Å²) < 4.78 is 5.09. The number of aryl methyl sites for hydroxylation is 2. The van der Waals surface area contributed by atoms with Crippen LogP contribution in [0.1, 0.15) is 41.9 Å². The first kappa shape index (κ1) is 19.5. The van der Waals surface area contributed by atoms with Crippen LogP contribution < -0.4 is 10.6 Å². The minimum atomic E-state index is -0.661. The number of carbonyl (C=O) groups excluding carboxylic acids is 2. The number of aromatic nitrogens is 2. The predicted octanol–water partition coefficient (Wildman–Crippen LogP) is 3.62. The highest BCUT2D eigenvalue weighted by Gasteiger charge is 2.23. The van der Waals surface area contributed by atoms with Gasteiger partial charge in [-0.05, 0) is 43.9 Å². The molecule has 2 amide bonds. The van der Waals surface area contributed by atoms with E-state index in [1.54, 1.807) is 12.1 Å². The maximum absolute atomic E-state index is 12.9. The topological polar surface area (TPSA) is 97.1 Å². The maximum atomic E-state index is 12.9. The van der Waals surface area contributed by atoms with Crippen molar-refractivity contribution in [2.45, 2.75) is 40.2 Å². The monoisotopic (exact) mass is 380 g/mol. The Morgan fingerprint density at radius 2 is 1.93 bits per heavy atom. The van der Waals surface area contributed by atoms with Gasteiger partial charge in [-0.2, -0.15) is 0 Å². The number of amides is 2. The first-order valence-electron chi connectivity index (χ1n) is 9.24. The molecule has 0 saturated heterocycles. The lowest BCUT2D eigenvalue weighted by atomic mass is 10.0. The first-order valence-corrected chi connectivity index (χ1v) is 9.24. The second-order valence-electron chi connectivity index (χ2n) is 7.30. The molecule has 2 heterocycles. The number of pyridine rings is 1. The van der Waals surface area contributed by atoms with E-state index < -0.39 is 6.04 Å². The fraction of sp³-hybridized carbons (Fsp3) is 0.333. The molecule has 3 aromatic rings. The number of hydrogen-bond acceptors (Lipinski definition) is 5. The van der Waals surface area contributed by atoms with E-state index in [0.717, 1.165) is 10.9 Å². The van der Waals surface area contributed by atoms with E-state index in [4.69, 9.17) is 4.52 Å². The van der Waals surface area contributed by atoms with Gasteiger partial charge >= 0.3 is 0 Å². The van der Waals surface area contributed by atoms with Crippen LogP contribution in [-0.4, -0.2) is 28.0 Å². The van der Waals surface area contributed by atoms with Crippen molar-refractivity contribution in [2.24, 2.45) is 5.92 Å². The molecular weight excluding hydrogens is 356 g/mol. The number of nitrogens with one attached hydrogen (secondary N) is 2. The van der Waals surface area contributed by atoms with E-state index in [-0.39, 0.29) is 17.7 Å². The van der Waals surface area contributed by atoms with Crippen LogP contribution in [0, 0.1) is 19.8 Å². The normalized spacial score (nSPS) is 12.2. The Kier molecular flexibility index (Phi) is 5.73. The second-order valence-corrected chi connectivity index (χ2v) is 7.30. The van der Waals surface area contributed by atoms with E-state index in [1.807, 2.05) is 45.9 Å². The van der Waals surface area contributed by atoms with Crippen molar-refractivity contribution in [1.29, 1.82) is 0 Å². The number of anilines is 1. The number of rotatable bonds is 6. The van der Waals surface area contributed by atoms with Crippen LogP contribution in [0.3, 0.4) is 0 Å². The van der Waals surface area contributed by atoms with Crippen LogP contribution in [0.25, 0.3) is 11.1 Å². The summed E-state index contributed by atoms with van der Waals surface area (Å²) >= 11 is 0. The molecule has 0 radical (unpaired) electrons. The van der Waals surface area contributed by atoms with Crippen LogP contribution in [0.2, 0.25) is 0 Å². The van der Waals surface area contributed by atoms with Crippen LogP contribution in [0.5, 0.6) is 0 Å². The molecule has 0 spiro atoms. The zero-order valence-electron chi connectivity index (χ0n) is 16.4. The van der Waals surface area contributed by atoms with Gasteiger partial charge in [-0.25, -0.2) is 4.98 Å². The van der Waals surface area contributed by atoms with Gasteiger partial charge in [-0.15, -0.1) is 0 Å². The zero-order chi connectivity index (χ0) is 20.3. The average molecular weight is 380 g/mol. The summed E-state index contributed by atoms with van der Waals surface area (Å²) in [4.78, 5) is 29.7. The van der Waals surface area contributed by atoms with Crippen molar-refractivity contribution >= 4 is 28.6 Å². The lowest BCUT2D eigenvalue weighted by Crippen LogP contribution is -2.44. The van der Waals surface area contributed by atoms with E-state index >= 15 is 0 Å². The Bertz CT molecular complexity index is 1010. The lowest BCUT2D eigenvalue weighted by Gasteiger charge is -2.20. The first-order chi connectivity index (χ1) is 13.3.